The number of dihydropyridines is 1. The van der Waals surface area contributed by atoms with E-state index in [-0.39, 0.29) is 0 Å². The van der Waals surface area contributed by atoms with Crippen LogP contribution in [0.3, 0.4) is 0 Å². The zero-order valence-electron chi connectivity index (χ0n) is 17.1. The lowest BCUT2D eigenvalue weighted by atomic mass is 10.0. The van der Waals surface area contributed by atoms with E-state index >= 15 is 0 Å². The number of H-pyrrole nitrogens is 1. The summed E-state index contributed by atoms with van der Waals surface area (Å²) < 4.78 is 5.88. The smallest absolute Gasteiger partial charge is 0.218 e. The summed E-state index contributed by atoms with van der Waals surface area (Å²) in [5, 5.41) is 11.2. The van der Waals surface area contributed by atoms with E-state index in [1.807, 2.05) is 6.20 Å². The summed E-state index contributed by atoms with van der Waals surface area (Å²) in [6.45, 7) is 8.28. The maximum Gasteiger partial charge on any atom is 0.218 e. The Kier molecular flexibility index (Phi) is 5.10. The summed E-state index contributed by atoms with van der Waals surface area (Å²) >= 11 is 0. The SMILES string of the molecule is COC1(N2CCN(C)CC2)C=CC(c2cc(-c3cccc(C)c3C)[nH]n2)=CN1. The van der Waals surface area contributed by atoms with Crippen LogP contribution in [0.5, 0.6) is 0 Å². The molecule has 28 heavy (non-hydrogen) atoms. The summed E-state index contributed by atoms with van der Waals surface area (Å²) in [7, 11) is 3.91. The Bertz CT molecular complexity index is 907. The third kappa shape index (κ3) is 3.39. The van der Waals surface area contributed by atoms with Gasteiger partial charge in [0.2, 0.25) is 5.85 Å². The number of benzene rings is 1. The number of nitrogens with zero attached hydrogens (tertiary/aromatic N) is 3. The third-order valence-electron chi connectivity index (χ3n) is 5.98. The van der Waals surface area contributed by atoms with Crippen molar-refractivity contribution >= 4 is 5.57 Å². The van der Waals surface area contributed by atoms with Crippen molar-refractivity contribution in [3.05, 3.63) is 59.4 Å². The monoisotopic (exact) mass is 379 g/mol. The summed E-state index contributed by atoms with van der Waals surface area (Å²) in [5.41, 5.74) is 6.74. The molecule has 0 bridgehead atoms. The summed E-state index contributed by atoms with van der Waals surface area (Å²) in [4.78, 5) is 4.68. The van der Waals surface area contributed by atoms with E-state index in [2.05, 4.69) is 82.6 Å². The van der Waals surface area contributed by atoms with E-state index in [9.17, 15) is 0 Å². The van der Waals surface area contributed by atoms with Gasteiger partial charge in [0.15, 0.2) is 0 Å². The normalized spacial score (nSPS) is 23.5. The molecule has 0 amide bonds. The molecule has 6 nitrogen and oxygen atoms in total. The number of methoxy groups -OCH3 is 1. The maximum atomic E-state index is 5.88. The Morgan fingerprint density at radius 1 is 1.14 bits per heavy atom. The molecule has 6 heteroatoms. The van der Waals surface area contributed by atoms with Crippen LogP contribution >= 0.6 is 0 Å². The number of piperazine rings is 1. The van der Waals surface area contributed by atoms with Gasteiger partial charge in [-0.25, -0.2) is 0 Å². The van der Waals surface area contributed by atoms with Crippen molar-refractivity contribution in [1.29, 1.82) is 0 Å². The van der Waals surface area contributed by atoms with Gasteiger partial charge in [-0.2, -0.15) is 5.10 Å². The van der Waals surface area contributed by atoms with Gasteiger partial charge in [0.25, 0.3) is 0 Å². The average molecular weight is 380 g/mol. The van der Waals surface area contributed by atoms with Gasteiger partial charge in [0.1, 0.15) is 0 Å². The van der Waals surface area contributed by atoms with E-state index < -0.39 is 5.85 Å². The fourth-order valence-electron chi connectivity index (χ4n) is 3.88. The summed E-state index contributed by atoms with van der Waals surface area (Å²) in [6.07, 6.45) is 6.20. The second kappa shape index (κ2) is 7.54. The molecule has 2 aliphatic heterocycles. The first-order valence-electron chi connectivity index (χ1n) is 9.80. The van der Waals surface area contributed by atoms with Gasteiger partial charge in [0.05, 0.1) is 11.4 Å². The number of aryl methyl sites for hydroxylation is 1. The number of allylic oxidation sites excluding steroid dienone is 2. The van der Waals surface area contributed by atoms with Gasteiger partial charge in [-0.3, -0.25) is 10.00 Å². The summed E-state index contributed by atoms with van der Waals surface area (Å²) in [6, 6.07) is 8.46. The lowest BCUT2D eigenvalue weighted by Crippen LogP contribution is -2.62. The van der Waals surface area contributed by atoms with E-state index in [0.29, 0.717) is 0 Å². The van der Waals surface area contributed by atoms with Crippen LogP contribution in [0.4, 0.5) is 0 Å². The lowest BCUT2D eigenvalue weighted by molar-refractivity contribution is -0.127. The van der Waals surface area contributed by atoms with Gasteiger partial charge in [-0.1, -0.05) is 18.2 Å². The quantitative estimate of drug-likeness (QED) is 0.856. The van der Waals surface area contributed by atoms with Crippen LogP contribution in [0.25, 0.3) is 16.8 Å². The molecule has 1 saturated heterocycles. The molecule has 2 aromatic rings. The van der Waals surface area contributed by atoms with Crippen molar-refractivity contribution < 1.29 is 4.74 Å². The first-order valence-corrected chi connectivity index (χ1v) is 9.80. The van der Waals surface area contributed by atoms with E-state index in [0.717, 1.165) is 43.1 Å². The van der Waals surface area contributed by atoms with Crippen molar-refractivity contribution in [2.75, 3.05) is 40.3 Å². The molecule has 0 saturated carbocycles. The number of aromatic amines is 1. The highest BCUT2D eigenvalue weighted by atomic mass is 16.5. The third-order valence-corrected chi connectivity index (χ3v) is 5.98. The molecule has 1 aromatic heterocycles. The van der Waals surface area contributed by atoms with Gasteiger partial charge in [-0.15, -0.1) is 0 Å². The molecular formula is C22H29N5O. The number of aromatic nitrogens is 2. The van der Waals surface area contributed by atoms with Crippen LogP contribution in [0, 0.1) is 13.8 Å². The summed E-state index contributed by atoms with van der Waals surface area (Å²) in [5.74, 6) is -0.586. The number of nitrogens with one attached hydrogen (secondary N) is 2. The highest BCUT2D eigenvalue weighted by molar-refractivity contribution is 5.76. The Hall–Kier alpha value is -2.41. The van der Waals surface area contributed by atoms with Crippen molar-refractivity contribution in [3.8, 4) is 11.3 Å². The topological polar surface area (TPSA) is 56.4 Å². The minimum atomic E-state index is -0.586. The first-order chi connectivity index (χ1) is 13.5. The molecule has 4 rings (SSSR count). The number of rotatable bonds is 4. The standard InChI is InChI=1S/C22H29N5O/c1-16-6-5-7-19(17(16)2)21-14-20(24-25-21)18-8-9-22(28-4,23-15-18)27-12-10-26(3)11-13-27/h5-9,14-15,23H,10-13H2,1-4H3,(H,24,25). The van der Waals surface area contributed by atoms with Crippen molar-refractivity contribution in [3.63, 3.8) is 0 Å². The molecule has 0 radical (unpaired) electrons. The zero-order valence-corrected chi connectivity index (χ0v) is 17.1. The van der Waals surface area contributed by atoms with Crippen molar-refractivity contribution in [1.82, 2.24) is 25.3 Å². The van der Waals surface area contributed by atoms with Crippen LogP contribution in [0.2, 0.25) is 0 Å². The van der Waals surface area contributed by atoms with E-state index in [1.165, 1.54) is 16.7 Å². The van der Waals surface area contributed by atoms with Crippen LogP contribution in [0.15, 0.2) is 42.6 Å². The minimum Gasteiger partial charge on any atom is -0.347 e. The molecule has 1 aromatic carbocycles. The van der Waals surface area contributed by atoms with Gasteiger partial charge in [-0.05, 0) is 50.2 Å². The van der Waals surface area contributed by atoms with Crippen molar-refractivity contribution in [2.24, 2.45) is 0 Å². The van der Waals surface area contributed by atoms with Crippen LogP contribution in [-0.4, -0.2) is 66.2 Å². The average Bonchev–Trinajstić information content (AvgIpc) is 3.20. The van der Waals surface area contributed by atoms with Crippen LogP contribution in [-0.2, 0) is 4.74 Å². The molecule has 1 atom stereocenters. The second-order valence-corrected chi connectivity index (χ2v) is 7.68. The lowest BCUT2D eigenvalue weighted by Gasteiger charge is -2.45. The van der Waals surface area contributed by atoms with Crippen molar-refractivity contribution in [2.45, 2.75) is 19.7 Å². The minimum absolute atomic E-state index is 0.586. The molecule has 1 fully saturated rings. The second-order valence-electron chi connectivity index (χ2n) is 7.68. The van der Waals surface area contributed by atoms with Gasteiger partial charge in [0, 0.05) is 50.6 Å². The Morgan fingerprint density at radius 3 is 2.61 bits per heavy atom. The number of hydrogen-bond donors (Lipinski definition) is 2. The molecule has 0 spiro atoms. The van der Waals surface area contributed by atoms with Crippen LogP contribution in [0.1, 0.15) is 16.8 Å². The molecule has 148 valence electrons. The molecule has 2 aliphatic rings. The Morgan fingerprint density at radius 2 is 1.93 bits per heavy atom. The molecule has 3 heterocycles. The maximum absolute atomic E-state index is 5.88. The number of hydrogen-bond acceptors (Lipinski definition) is 5. The molecule has 0 aliphatic carbocycles. The first kappa shape index (κ1) is 18.9. The molecular weight excluding hydrogens is 350 g/mol. The van der Waals surface area contributed by atoms with Crippen LogP contribution < -0.4 is 5.32 Å². The van der Waals surface area contributed by atoms with Gasteiger partial charge < -0.3 is 15.0 Å². The Labute approximate surface area is 166 Å². The number of ether oxygens (including phenoxy) is 1. The fourth-order valence-corrected chi connectivity index (χ4v) is 3.88. The number of likely N-dealkylation sites (N-methyl/N-ethyl adjacent to an activating group) is 1. The zero-order chi connectivity index (χ0) is 19.7. The van der Waals surface area contributed by atoms with E-state index in [1.54, 1.807) is 7.11 Å². The fraction of sp³-hybridized carbons (Fsp3) is 0.409. The van der Waals surface area contributed by atoms with E-state index in [4.69, 9.17) is 4.74 Å². The predicted octanol–water partition coefficient (Wildman–Crippen LogP) is 2.74. The van der Waals surface area contributed by atoms with Gasteiger partial charge >= 0.3 is 0 Å². The Balaban J connectivity index is 1.54. The highest BCUT2D eigenvalue weighted by Gasteiger charge is 2.36. The highest BCUT2D eigenvalue weighted by Crippen LogP contribution is 2.29. The molecule has 2 N–H and O–H groups in total. The largest absolute Gasteiger partial charge is 0.347 e. The molecule has 1 unspecified atom stereocenters. The predicted molar refractivity (Wildman–Crippen MR) is 113 cm³/mol.